The smallest absolute Gasteiger partial charge is 0.408 e. The minimum absolute atomic E-state index is 0.0298. The summed E-state index contributed by atoms with van der Waals surface area (Å²) in [6.07, 6.45) is 1.94. The van der Waals surface area contributed by atoms with Crippen LogP contribution in [0.25, 0.3) is 0 Å². The number of nitrogens with one attached hydrogen (secondary N) is 6. The Kier molecular flexibility index (Phi) is 17.9. The second kappa shape index (κ2) is 21.3. The molecule has 0 saturated carbocycles. The lowest BCUT2D eigenvalue weighted by Gasteiger charge is -2.30. The van der Waals surface area contributed by atoms with Crippen molar-refractivity contribution in [3.05, 3.63) is 54.1 Å². The Bertz CT molecular complexity index is 1440. The van der Waals surface area contributed by atoms with Gasteiger partial charge in [-0.15, -0.1) is 0 Å². The van der Waals surface area contributed by atoms with Gasteiger partial charge in [-0.2, -0.15) is 0 Å². The van der Waals surface area contributed by atoms with Crippen LogP contribution < -0.4 is 26.6 Å². The van der Waals surface area contributed by atoms with Gasteiger partial charge in [0.05, 0.1) is 24.5 Å². The summed E-state index contributed by atoms with van der Waals surface area (Å²) in [7, 11) is 0. The zero-order valence-corrected chi connectivity index (χ0v) is 32.6. The summed E-state index contributed by atoms with van der Waals surface area (Å²) in [4.78, 5) is 72.6. The number of aromatic amines is 1. The van der Waals surface area contributed by atoms with E-state index in [4.69, 9.17) is 4.74 Å². The lowest BCUT2D eigenvalue weighted by atomic mass is 9.97. The Balaban J connectivity index is 2.30. The summed E-state index contributed by atoms with van der Waals surface area (Å²) in [6.45, 7) is 16.2. The molecule has 0 aliphatic heterocycles. The first-order chi connectivity index (χ1) is 24.7. The van der Waals surface area contributed by atoms with E-state index >= 15 is 0 Å². The van der Waals surface area contributed by atoms with Gasteiger partial charge in [0.1, 0.15) is 23.7 Å². The third kappa shape index (κ3) is 16.8. The van der Waals surface area contributed by atoms with Crippen LogP contribution in [0.5, 0.6) is 0 Å². The Hall–Kier alpha value is -4.50. The van der Waals surface area contributed by atoms with Crippen molar-refractivity contribution in [2.75, 3.05) is 6.54 Å². The number of hydrogen-bond acceptors (Lipinski definition) is 9. The number of aliphatic hydroxyl groups is 1. The Morgan fingerprint density at radius 3 is 1.91 bits per heavy atom. The van der Waals surface area contributed by atoms with Crippen molar-refractivity contribution in [3.8, 4) is 0 Å². The fraction of sp³-hybridized carbons (Fsp3) is 0.632. The molecule has 296 valence electrons. The number of carbonyl (C=O) groups is 5. The molecule has 1 heterocycles. The first-order valence-electron chi connectivity index (χ1n) is 18.3. The Morgan fingerprint density at radius 1 is 0.792 bits per heavy atom. The van der Waals surface area contributed by atoms with Gasteiger partial charge in [-0.3, -0.25) is 14.4 Å². The van der Waals surface area contributed by atoms with Crippen molar-refractivity contribution in [3.63, 3.8) is 0 Å². The zero-order chi connectivity index (χ0) is 39.9. The van der Waals surface area contributed by atoms with Crippen LogP contribution in [0, 0.1) is 17.8 Å². The number of nitrogens with zero attached hydrogens (tertiary/aromatic N) is 1. The van der Waals surface area contributed by atoms with Crippen LogP contribution >= 0.6 is 0 Å². The Labute approximate surface area is 313 Å². The number of H-pyrrole nitrogens is 1. The first-order valence-corrected chi connectivity index (χ1v) is 18.3. The maximum absolute atomic E-state index is 14.0. The summed E-state index contributed by atoms with van der Waals surface area (Å²) < 4.78 is 5.42. The maximum atomic E-state index is 14.0. The van der Waals surface area contributed by atoms with Gasteiger partial charge in [0.25, 0.3) is 0 Å². The minimum atomic E-state index is -1.16. The van der Waals surface area contributed by atoms with E-state index in [1.807, 2.05) is 58.0 Å². The number of carboxylic acids is 1. The van der Waals surface area contributed by atoms with Gasteiger partial charge in [-0.25, -0.2) is 14.6 Å². The van der Waals surface area contributed by atoms with Crippen molar-refractivity contribution in [2.24, 2.45) is 17.8 Å². The number of aliphatic carboxylic acids is 1. The van der Waals surface area contributed by atoms with E-state index in [-0.39, 0.29) is 37.1 Å². The summed E-state index contributed by atoms with van der Waals surface area (Å²) >= 11 is 0. The lowest BCUT2D eigenvalue weighted by Crippen LogP contribution is -2.59. The topological polar surface area (TPSA) is 224 Å². The number of imidazole rings is 1. The summed E-state index contributed by atoms with van der Waals surface area (Å²) in [6, 6.07) is 4.21. The number of benzene rings is 1. The minimum Gasteiger partial charge on any atom is -0.480 e. The van der Waals surface area contributed by atoms with Gasteiger partial charge in [0.2, 0.25) is 17.7 Å². The summed E-state index contributed by atoms with van der Waals surface area (Å²) in [5.74, 6) is -3.06. The molecule has 0 bridgehead atoms. The number of amides is 4. The molecule has 4 amide bonds. The molecular weight excluding hydrogens is 682 g/mol. The molecule has 15 nitrogen and oxygen atoms in total. The molecule has 0 aliphatic rings. The van der Waals surface area contributed by atoms with E-state index in [1.165, 1.54) is 12.5 Å². The largest absolute Gasteiger partial charge is 0.480 e. The molecular formula is C38H61N7O8. The van der Waals surface area contributed by atoms with Gasteiger partial charge in [0, 0.05) is 31.3 Å². The molecule has 2 rings (SSSR count). The molecule has 8 N–H and O–H groups in total. The average Bonchev–Trinajstić information content (AvgIpc) is 3.56. The lowest BCUT2D eigenvalue weighted by molar-refractivity contribution is -0.143. The molecule has 53 heavy (non-hydrogen) atoms. The predicted molar refractivity (Wildman–Crippen MR) is 201 cm³/mol. The van der Waals surface area contributed by atoms with Crippen molar-refractivity contribution in [1.82, 2.24) is 36.6 Å². The fourth-order valence-corrected chi connectivity index (χ4v) is 5.64. The molecule has 0 aliphatic carbocycles. The number of hydrogen-bond donors (Lipinski definition) is 8. The molecule has 0 saturated heterocycles. The van der Waals surface area contributed by atoms with E-state index in [0.717, 1.165) is 5.56 Å². The van der Waals surface area contributed by atoms with Gasteiger partial charge in [-0.05, 0) is 56.9 Å². The molecule has 0 spiro atoms. The standard InChI is InChI=1S/C38H61N7O8/c1-22(2)15-27(31(46)20-40-28(16-23(3)4)33(47)45-32(24(5)6)36(50)51)42-35(49)30(18-26-19-39-21-41-26)43-34(48)29(17-25-13-11-10-12-14-25)44-37(52)53-38(7,8)9/h10-14,19,21-24,27-32,40,46H,15-18,20H2,1-9H3,(H,39,41)(H,42,49)(H,43,48)(H,44,52)(H,45,47)(H,50,51)/t27-,28-,29-,30-,31?,32-/m0/s1. The van der Waals surface area contributed by atoms with Crippen LogP contribution in [-0.4, -0.2) is 98.4 Å². The number of alkyl carbamates (subject to hydrolysis) is 1. The van der Waals surface area contributed by atoms with E-state index in [2.05, 4.69) is 36.6 Å². The molecule has 0 fully saturated rings. The molecule has 6 atom stereocenters. The number of carboxylic acid groups (broad SMARTS) is 1. The Morgan fingerprint density at radius 2 is 1.38 bits per heavy atom. The maximum Gasteiger partial charge on any atom is 0.408 e. The summed E-state index contributed by atoms with van der Waals surface area (Å²) in [5.41, 5.74) is 0.532. The monoisotopic (exact) mass is 743 g/mol. The summed E-state index contributed by atoms with van der Waals surface area (Å²) in [5, 5.41) is 35.1. The van der Waals surface area contributed by atoms with E-state index in [1.54, 1.807) is 34.6 Å². The van der Waals surface area contributed by atoms with Gasteiger partial charge < -0.3 is 46.5 Å². The van der Waals surface area contributed by atoms with Gasteiger partial charge >= 0.3 is 12.1 Å². The second-order valence-electron chi connectivity index (χ2n) is 15.7. The first kappa shape index (κ1) is 44.7. The van der Waals surface area contributed by atoms with Crippen LogP contribution in [0.4, 0.5) is 4.79 Å². The SMILES string of the molecule is CC(C)C[C@H](NCC(O)[C@H](CC(C)C)NC(=O)[C@H](Cc1cnc[nH]1)NC(=O)[C@H](Cc1ccccc1)NC(=O)OC(C)(C)C)C(=O)N[C@H](C(=O)O)C(C)C. The zero-order valence-electron chi connectivity index (χ0n) is 32.6. The molecule has 2 aromatic rings. The van der Waals surface area contributed by atoms with E-state index in [0.29, 0.717) is 18.5 Å². The van der Waals surface area contributed by atoms with E-state index in [9.17, 15) is 34.2 Å². The van der Waals surface area contributed by atoms with Crippen molar-refractivity contribution < 1.29 is 38.9 Å². The van der Waals surface area contributed by atoms with Crippen LogP contribution in [0.3, 0.4) is 0 Å². The van der Waals surface area contributed by atoms with Crippen LogP contribution in [-0.2, 0) is 36.8 Å². The van der Waals surface area contributed by atoms with Gasteiger partial charge in [-0.1, -0.05) is 71.9 Å². The highest BCUT2D eigenvalue weighted by atomic mass is 16.6. The normalized spacial score (nSPS) is 15.2. The number of aromatic nitrogens is 2. The molecule has 1 unspecified atom stereocenters. The predicted octanol–water partition coefficient (Wildman–Crippen LogP) is 2.69. The molecule has 1 aromatic carbocycles. The quantitative estimate of drug-likeness (QED) is 0.0934. The van der Waals surface area contributed by atoms with Crippen molar-refractivity contribution in [2.45, 2.75) is 130 Å². The fourth-order valence-electron chi connectivity index (χ4n) is 5.64. The van der Waals surface area contributed by atoms with Gasteiger partial charge in [0.15, 0.2) is 0 Å². The number of aliphatic hydroxyl groups excluding tert-OH is 1. The molecule has 0 radical (unpaired) electrons. The number of rotatable bonds is 21. The van der Waals surface area contributed by atoms with Crippen LogP contribution in [0.1, 0.15) is 86.4 Å². The van der Waals surface area contributed by atoms with Crippen LogP contribution in [0.15, 0.2) is 42.9 Å². The van der Waals surface area contributed by atoms with E-state index < -0.39 is 71.7 Å². The van der Waals surface area contributed by atoms with Crippen molar-refractivity contribution >= 4 is 29.8 Å². The average molecular weight is 744 g/mol. The van der Waals surface area contributed by atoms with Crippen LogP contribution in [0.2, 0.25) is 0 Å². The number of ether oxygens (including phenoxy) is 1. The third-order valence-corrected chi connectivity index (χ3v) is 8.25. The third-order valence-electron chi connectivity index (χ3n) is 8.25. The number of carbonyl (C=O) groups excluding carboxylic acids is 4. The highest BCUT2D eigenvalue weighted by Gasteiger charge is 2.33. The second-order valence-corrected chi connectivity index (χ2v) is 15.7. The highest BCUT2D eigenvalue weighted by molar-refractivity contribution is 5.92. The highest BCUT2D eigenvalue weighted by Crippen LogP contribution is 2.14. The molecule has 15 heteroatoms. The van der Waals surface area contributed by atoms with Crippen molar-refractivity contribution in [1.29, 1.82) is 0 Å². The molecule has 1 aromatic heterocycles.